The van der Waals surface area contributed by atoms with Crippen LogP contribution in [-0.2, 0) is 4.79 Å². The average Bonchev–Trinajstić information content (AvgIpc) is 3.00. The van der Waals surface area contributed by atoms with Gasteiger partial charge in [-0.25, -0.2) is 0 Å². The summed E-state index contributed by atoms with van der Waals surface area (Å²) in [5.41, 5.74) is 4.17. The molecule has 0 aliphatic carbocycles. The van der Waals surface area contributed by atoms with E-state index in [0.29, 0.717) is 5.11 Å². The van der Waals surface area contributed by atoms with Crippen molar-refractivity contribution >= 4 is 46.3 Å². The largest absolute Gasteiger partial charge is 0.349 e. The molecule has 0 bridgehead atoms. The van der Waals surface area contributed by atoms with Gasteiger partial charge in [0.1, 0.15) is 0 Å². The number of carbonyl (C=O) groups is 1. The lowest BCUT2D eigenvalue weighted by Gasteiger charge is -2.36. The molecule has 2 aliphatic heterocycles. The van der Waals surface area contributed by atoms with E-state index >= 15 is 0 Å². The van der Waals surface area contributed by atoms with Crippen molar-refractivity contribution in [1.29, 1.82) is 0 Å². The number of rotatable bonds is 2. The number of fused-ring (bicyclic) bond motifs is 1. The lowest BCUT2D eigenvalue weighted by molar-refractivity contribution is -0.120. The summed E-state index contributed by atoms with van der Waals surface area (Å²) in [5, 5.41) is 5.85. The fourth-order valence-electron chi connectivity index (χ4n) is 3.08. The standard InChI is InChI=1S/C19H16N2OS2/c1-12-7-9-13(10-8-12)15-11-24-17-16(15)18(22)21(19(23)20-17)14-5-3-2-4-6-14/h2-11,16-17H,1H3,(H,20,23). The van der Waals surface area contributed by atoms with E-state index in [0.717, 1.165) is 16.8 Å². The first-order valence-corrected chi connectivity index (χ1v) is 9.12. The highest BCUT2D eigenvalue weighted by Crippen LogP contribution is 2.43. The van der Waals surface area contributed by atoms with Gasteiger partial charge in [-0.1, -0.05) is 48.0 Å². The molecule has 1 N–H and O–H groups in total. The number of nitrogens with one attached hydrogen (secondary N) is 1. The maximum atomic E-state index is 13.2. The van der Waals surface area contributed by atoms with Crippen LogP contribution in [0.1, 0.15) is 11.1 Å². The van der Waals surface area contributed by atoms with Crippen molar-refractivity contribution in [3.05, 3.63) is 71.1 Å². The Bertz CT molecular complexity index is 830. The van der Waals surface area contributed by atoms with Crippen LogP contribution in [0.4, 0.5) is 5.69 Å². The van der Waals surface area contributed by atoms with Gasteiger partial charge >= 0.3 is 0 Å². The summed E-state index contributed by atoms with van der Waals surface area (Å²) in [7, 11) is 0. The van der Waals surface area contributed by atoms with Crippen LogP contribution in [0.25, 0.3) is 5.57 Å². The molecule has 0 aromatic heterocycles. The Morgan fingerprint density at radius 3 is 2.50 bits per heavy atom. The van der Waals surface area contributed by atoms with Gasteiger partial charge in [-0.15, -0.1) is 11.8 Å². The third-order valence-corrected chi connectivity index (χ3v) is 5.71. The number of carbonyl (C=O) groups excluding carboxylic acids is 1. The fourth-order valence-corrected chi connectivity index (χ4v) is 4.65. The summed E-state index contributed by atoms with van der Waals surface area (Å²) in [5.74, 6) is -0.198. The van der Waals surface area contributed by atoms with Crippen LogP contribution in [-0.4, -0.2) is 16.4 Å². The summed E-state index contributed by atoms with van der Waals surface area (Å²) < 4.78 is 0. The van der Waals surface area contributed by atoms with E-state index in [1.54, 1.807) is 16.7 Å². The van der Waals surface area contributed by atoms with E-state index < -0.39 is 0 Å². The molecule has 5 heteroatoms. The molecule has 1 saturated heterocycles. The Morgan fingerprint density at radius 2 is 1.79 bits per heavy atom. The predicted octanol–water partition coefficient (Wildman–Crippen LogP) is 3.95. The lowest BCUT2D eigenvalue weighted by atomic mass is 9.91. The molecule has 4 rings (SSSR count). The van der Waals surface area contributed by atoms with Gasteiger partial charge in [0.15, 0.2) is 5.11 Å². The van der Waals surface area contributed by atoms with Gasteiger partial charge < -0.3 is 5.32 Å². The first-order chi connectivity index (χ1) is 11.6. The Kier molecular flexibility index (Phi) is 3.90. The Morgan fingerprint density at radius 1 is 1.08 bits per heavy atom. The Labute approximate surface area is 150 Å². The summed E-state index contributed by atoms with van der Waals surface area (Å²) in [6, 6.07) is 17.9. The maximum absolute atomic E-state index is 13.2. The number of thioether (sulfide) groups is 1. The van der Waals surface area contributed by atoms with E-state index in [1.807, 2.05) is 30.3 Å². The molecule has 2 aromatic rings. The second-order valence-electron chi connectivity index (χ2n) is 5.93. The number of thiocarbonyl (C=S) groups is 1. The van der Waals surface area contributed by atoms with Gasteiger partial charge in [-0.3, -0.25) is 9.69 Å². The van der Waals surface area contributed by atoms with Gasteiger partial charge in [-0.05, 0) is 47.8 Å². The highest BCUT2D eigenvalue weighted by Gasteiger charge is 2.45. The molecule has 2 unspecified atom stereocenters. The van der Waals surface area contributed by atoms with Crippen molar-refractivity contribution < 1.29 is 4.79 Å². The molecule has 24 heavy (non-hydrogen) atoms. The van der Waals surface area contributed by atoms with Crippen LogP contribution in [0, 0.1) is 12.8 Å². The van der Waals surface area contributed by atoms with Crippen molar-refractivity contribution in [2.45, 2.75) is 12.3 Å². The SMILES string of the molecule is Cc1ccc(C2=CSC3NC(=S)N(c4ccccc4)C(=O)C23)cc1. The maximum Gasteiger partial charge on any atom is 0.243 e. The van der Waals surface area contributed by atoms with Gasteiger partial charge in [0.2, 0.25) is 5.91 Å². The van der Waals surface area contributed by atoms with Gasteiger partial charge in [0.05, 0.1) is 17.0 Å². The number of amides is 1. The average molecular weight is 352 g/mol. The molecule has 1 amide bonds. The number of para-hydroxylation sites is 1. The molecule has 3 nitrogen and oxygen atoms in total. The second kappa shape index (κ2) is 6.07. The molecule has 0 saturated carbocycles. The minimum absolute atomic E-state index is 0.0266. The van der Waals surface area contributed by atoms with Gasteiger partial charge in [0.25, 0.3) is 0 Å². The molecule has 2 aliphatic rings. The topological polar surface area (TPSA) is 32.3 Å². The van der Waals surface area contributed by atoms with Crippen molar-refractivity contribution in [3.8, 4) is 0 Å². The summed E-state index contributed by atoms with van der Waals surface area (Å²) >= 11 is 7.07. The number of nitrogens with zero attached hydrogens (tertiary/aromatic N) is 1. The summed E-state index contributed by atoms with van der Waals surface area (Å²) in [6.45, 7) is 2.06. The molecule has 2 aromatic carbocycles. The summed E-state index contributed by atoms with van der Waals surface area (Å²) in [4.78, 5) is 14.8. The monoisotopic (exact) mass is 352 g/mol. The lowest BCUT2D eigenvalue weighted by Crippen LogP contribution is -2.58. The van der Waals surface area contributed by atoms with Crippen LogP contribution < -0.4 is 10.2 Å². The van der Waals surface area contributed by atoms with E-state index in [1.165, 1.54) is 5.56 Å². The predicted molar refractivity (Wildman–Crippen MR) is 104 cm³/mol. The van der Waals surface area contributed by atoms with Crippen molar-refractivity contribution in [2.24, 2.45) is 5.92 Å². The molecular formula is C19H16N2OS2. The third-order valence-electron chi connectivity index (χ3n) is 4.33. The van der Waals surface area contributed by atoms with Crippen molar-refractivity contribution in [1.82, 2.24) is 5.32 Å². The Hall–Kier alpha value is -2.11. The normalized spacial score (nSPS) is 22.9. The quantitative estimate of drug-likeness (QED) is 0.830. The fraction of sp³-hybridized carbons (Fsp3) is 0.158. The van der Waals surface area contributed by atoms with Crippen LogP contribution >= 0.6 is 24.0 Å². The van der Waals surface area contributed by atoms with Gasteiger partial charge in [-0.2, -0.15) is 0 Å². The van der Waals surface area contributed by atoms with E-state index in [2.05, 4.69) is 41.9 Å². The molecular weight excluding hydrogens is 336 g/mol. The highest BCUT2D eigenvalue weighted by atomic mass is 32.2. The van der Waals surface area contributed by atoms with Gasteiger partial charge in [0, 0.05) is 0 Å². The van der Waals surface area contributed by atoms with Crippen LogP contribution in [0.5, 0.6) is 0 Å². The molecule has 1 fully saturated rings. The molecule has 2 atom stereocenters. The second-order valence-corrected chi connectivity index (χ2v) is 7.33. The van der Waals surface area contributed by atoms with E-state index in [9.17, 15) is 4.79 Å². The highest BCUT2D eigenvalue weighted by molar-refractivity contribution is 8.03. The molecule has 0 radical (unpaired) electrons. The van der Waals surface area contributed by atoms with Crippen LogP contribution in [0.2, 0.25) is 0 Å². The Balaban J connectivity index is 1.70. The van der Waals surface area contributed by atoms with E-state index in [-0.39, 0.29) is 17.2 Å². The van der Waals surface area contributed by atoms with Crippen molar-refractivity contribution in [2.75, 3.05) is 4.90 Å². The first-order valence-electron chi connectivity index (χ1n) is 7.77. The minimum Gasteiger partial charge on any atom is -0.349 e. The molecule has 2 heterocycles. The zero-order valence-electron chi connectivity index (χ0n) is 13.1. The number of aryl methyl sites for hydroxylation is 1. The first kappa shape index (κ1) is 15.4. The molecule has 120 valence electrons. The van der Waals surface area contributed by atoms with Crippen molar-refractivity contribution in [3.63, 3.8) is 0 Å². The van der Waals surface area contributed by atoms with Crippen LogP contribution in [0.3, 0.4) is 0 Å². The van der Waals surface area contributed by atoms with Crippen LogP contribution in [0.15, 0.2) is 60.0 Å². The number of anilines is 1. The zero-order valence-corrected chi connectivity index (χ0v) is 14.7. The van der Waals surface area contributed by atoms with E-state index in [4.69, 9.17) is 12.2 Å². The summed E-state index contributed by atoms with van der Waals surface area (Å²) in [6.07, 6.45) is 0. The number of hydrogen-bond acceptors (Lipinski definition) is 3. The number of benzene rings is 2. The molecule has 0 spiro atoms. The third kappa shape index (κ3) is 2.54. The minimum atomic E-state index is -0.232. The zero-order chi connectivity index (χ0) is 16.7. The smallest absolute Gasteiger partial charge is 0.243 e. The number of hydrogen-bond donors (Lipinski definition) is 1.